The maximum atomic E-state index is 11.7. The number of nitrogens with zero attached hydrogens (tertiary/aromatic N) is 1. The van der Waals surface area contributed by atoms with Crippen LogP contribution in [-0.4, -0.2) is 31.1 Å². The summed E-state index contributed by atoms with van der Waals surface area (Å²) < 4.78 is 21.1. The van der Waals surface area contributed by atoms with Gasteiger partial charge in [0.1, 0.15) is 11.9 Å². The molecule has 0 radical (unpaired) electrons. The average Bonchev–Trinajstić information content (AvgIpc) is 2.29. The summed E-state index contributed by atoms with van der Waals surface area (Å²) in [5.74, 6) is -0.355. The Labute approximate surface area is 94.3 Å². The van der Waals surface area contributed by atoms with Gasteiger partial charge in [0.2, 0.25) is 0 Å². The number of rotatable bonds is 5. The van der Waals surface area contributed by atoms with Crippen LogP contribution in [0.4, 0.5) is 0 Å². The molecule has 16 heavy (non-hydrogen) atoms. The molecule has 0 aliphatic rings. The summed E-state index contributed by atoms with van der Waals surface area (Å²) in [6.45, 7) is 1.87. The first kappa shape index (κ1) is 13.0. The van der Waals surface area contributed by atoms with Crippen LogP contribution in [0, 0.1) is 6.92 Å². The van der Waals surface area contributed by atoms with Crippen LogP contribution >= 0.6 is 7.60 Å². The van der Waals surface area contributed by atoms with Crippen molar-refractivity contribution >= 4 is 13.4 Å². The van der Waals surface area contributed by atoms with Crippen molar-refractivity contribution in [2.45, 2.75) is 6.92 Å². The first-order chi connectivity index (χ1) is 7.50. The van der Waals surface area contributed by atoms with Gasteiger partial charge in [-0.05, 0) is 18.6 Å². The van der Waals surface area contributed by atoms with Crippen molar-refractivity contribution in [3.05, 3.63) is 29.6 Å². The molecule has 1 rings (SSSR count). The Hall–Kier alpha value is -1.03. The summed E-state index contributed by atoms with van der Waals surface area (Å²) >= 11 is 0. The van der Waals surface area contributed by atoms with Gasteiger partial charge in [-0.1, -0.05) is 6.07 Å². The highest BCUT2D eigenvalue weighted by Crippen LogP contribution is 2.46. The summed E-state index contributed by atoms with van der Waals surface area (Å²) in [5.41, 5.74) is 1.22. The Balaban J connectivity index is 2.80. The zero-order valence-corrected chi connectivity index (χ0v) is 10.4. The van der Waals surface area contributed by atoms with Crippen LogP contribution < -0.4 is 0 Å². The van der Waals surface area contributed by atoms with Gasteiger partial charge in [-0.15, -0.1) is 0 Å². The lowest BCUT2D eigenvalue weighted by Gasteiger charge is -2.11. The lowest BCUT2D eigenvalue weighted by Crippen LogP contribution is -2.10. The highest BCUT2D eigenvalue weighted by atomic mass is 31.2. The zero-order valence-electron chi connectivity index (χ0n) is 9.47. The van der Waals surface area contributed by atoms with Gasteiger partial charge in [0, 0.05) is 20.4 Å². The Morgan fingerprint density at radius 1 is 1.38 bits per heavy atom. The van der Waals surface area contributed by atoms with Crippen molar-refractivity contribution in [1.29, 1.82) is 0 Å². The van der Waals surface area contributed by atoms with E-state index in [9.17, 15) is 9.36 Å². The van der Waals surface area contributed by atoms with Crippen LogP contribution in [0.15, 0.2) is 18.3 Å². The number of Topliss-reactive ketones (excluding diaryl/α,β-unsaturated/α-hetero) is 1. The lowest BCUT2D eigenvalue weighted by molar-refractivity contribution is 0.100. The third kappa shape index (κ3) is 3.23. The monoisotopic (exact) mass is 243 g/mol. The molecule has 1 aromatic rings. The maximum Gasteiger partial charge on any atom is 0.337 e. The second kappa shape index (κ2) is 5.34. The number of aromatic nitrogens is 1. The number of hydrogen-bond acceptors (Lipinski definition) is 5. The molecule has 0 aliphatic carbocycles. The zero-order chi connectivity index (χ0) is 12.2. The lowest BCUT2D eigenvalue weighted by atomic mass is 10.2. The first-order valence-electron chi connectivity index (χ1n) is 4.67. The Morgan fingerprint density at radius 3 is 2.44 bits per heavy atom. The topological polar surface area (TPSA) is 65.5 Å². The van der Waals surface area contributed by atoms with Crippen molar-refractivity contribution in [2.24, 2.45) is 0 Å². The Morgan fingerprint density at radius 2 is 2.00 bits per heavy atom. The number of carbonyl (C=O) groups is 1. The molecule has 1 heterocycles. The van der Waals surface area contributed by atoms with Crippen molar-refractivity contribution in [3.63, 3.8) is 0 Å². The van der Waals surface area contributed by atoms with Crippen LogP contribution in [0.2, 0.25) is 0 Å². The van der Waals surface area contributed by atoms with Gasteiger partial charge in [-0.25, -0.2) is 0 Å². The van der Waals surface area contributed by atoms with Crippen molar-refractivity contribution < 1.29 is 18.4 Å². The Bertz CT molecular complexity index is 407. The van der Waals surface area contributed by atoms with Gasteiger partial charge in [0.15, 0.2) is 5.78 Å². The Kier molecular flexibility index (Phi) is 4.35. The van der Waals surface area contributed by atoms with E-state index in [-0.39, 0.29) is 17.6 Å². The molecule has 0 aromatic carbocycles. The van der Waals surface area contributed by atoms with Gasteiger partial charge >= 0.3 is 7.60 Å². The number of hydrogen-bond donors (Lipinski definition) is 0. The third-order valence-electron chi connectivity index (χ3n) is 2.09. The second-order valence-corrected chi connectivity index (χ2v) is 5.55. The molecule has 0 fully saturated rings. The number of aryl methyl sites for hydroxylation is 1. The molecular weight excluding hydrogens is 229 g/mol. The smallest absolute Gasteiger partial charge is 0.312 e. The maximum absolute atomic E-state index is 11.7. The van der Waals surface area contributed by atoms with Crippen LogP contribution in [0.5, 0.6) is 0 Å². The molecule has 5 nitrogen and oxygen atoms in total. The predicted octanol–water partition coefficient (Wildman–Crippen LogP) is 2.06. The minimum absolute atomic E-state index is 0.264. The summed E-state index contributed by atoms with van der Waals surface area (Å²) in [4.78, 5) is 15.6. The van der Waals surface area contributed by atoms with E-state index < -0.39 is 7.60 Å². The third-order valence-corrected chi connectivity index (χ3v) is 3.88. The van der Waals surface area contributed by atoms with E-state index in [1.54, 1.807) is 18.3 Å². The molecule has 0 aliphatic heterocycles. The van der Waals surface area contributed by atoms with Gasteiger partial charge in [0.25, 0.3) is 0 Å². The highest BCUT2D eigenvalue weighted by molar-refractivity contribution is 7.54. The summed E-state index contributed by atoms with van der Waals surface area (Å²) in [5, 5.41) is 0. The molecular formula is C10H14NO4P. The van der Waals surface area contributed by atoms with Crippen LogP contribution in [0.25, 0.3) is 0 Å². The molecule has 0 unspecified atom stereocenters. The van der Waals surface area contributed by atoms with E-state index in [1.807, 2.05) is 6.92 Å². The SMILES string of the molecule is COP(=O)(CC(=O)c1ccc(C)cn1)OC. The minimum atomic E-state index is -3.30. The van der Waals surface area contributed by atoms with Gasteiger partial charge < -0.3 is 9.05 Å². The quantitative estimate of drug-likeness (QED) is 0.585. The van der Waals surface area contributed by atoms with E-state index >= 15 is 0 Å². The van der Waals surface area contributed by atoms with Gasteiger partial charge in [-0.2, -0.15) is 0 Å². The normalized spacial score (nSPS) is 11.4. The molecule has 6 heteroatoms. The molecule has 0 saturated heterocycles. The van der Waals surface area contributed by atoms with E-state index in [4.69, 9.17) is 0 Å². The van der Waals surface area contributed by atoms with Crippen LogP contribution in [-0.2, 0) is 13.6 Å². The fourth-order valence-electron chi connectivity index (χ4n) is 1.09. The first-order valence-corrected chi connectivity index (χ1v) is 6.40. The predicted molar refractivity (Wildman–Crippen MR) is 59.8 cm³/mol. The fourth-order valence-corrected chi connectivity index (χ4v) is 2.01. The second-order valence-electron chi connectivity index (χ2n) is 3.28. The van der Waals surface area contributed by atoms with Crippen LogP contribution in [0.1, 0.15) is 16.1 Å². The average molecular weight is 243 g/mol. The summed E-state index contributed by atoms with van der Waals surface area (Å²) in [6.07, 6.45) is 1.29. The molecule has 0 N–H and O–H groups in total. The number of pyridine rings is 1. The van der Waals surface area contributed by atoms with E-state index in [0.717, 1.165) is 5.56 Å². The molecule has 0 atom stereocenters. The fraction of sp³-hybridized carbons (Fsp3) is 0.400. The van der Waals surface area contributed by atoms with E-state index in [2.05, 4.69) is 14.0 Å². The molecule has 0 saturated carbocycles. The van der Waals surface area contributed by atoms with Crippen molar-refractivity contribution in [2.75, 3.05) is 20.4 Å². The van der Waals surface area contributed by atoms with Gasteiger partial charge in [-0.3, -0.25) is 14.3 Å². The minimum Gasteiger partial charge on any atom is -0.312 e. The van der Waals surface area contributed by atoms with E-state index in [0.29, 0.717) is 0 Å². The standard InChI is InChI=1S/C10H14NO4P/c1-8-4-5-9(11-6-8)10(12)7-16(13,14-2)15-3/h4-6H,7H2,1-3H3. The van der Waals surface area contributed by atoms with E-state index in [1.165, 1.54) is 14.2 Å². The summed E-state index contributed by atoms with van der Waals surface area (Å²) in [7, 11) is -0.804. The van der Waals surface area contributed by atoms with Crippen molar-refractivity contribution in [1.82, 2.24) is 4.98 Å². The number of carbonyl (C=O) groups excluding carboxylic acids is 1. The van der Waals surface area contributed by atoms with Crippen LogP contribution in [0.3, 0.4) is 0 Å². The van der Waals surface area contributed by atoms with Gasteiger partial charge in [0.05, 0.1) is 0 Å². The molecule has 0 bridgehead atoms. The molecule has 1 aromatic heterocycles. The molecule has 0 amide bonds. The van der Waals surface area contributed by atoms with Crippen molar-refractivity contribution in [3.8, 4) is 0 Å². The molecule has 88 valence electrons. The summed E-state index contributed by atoms with van der Waals surface area (Å²) in [6, 6.07) is 3.36. The number of ketones is 1. The molecule has 0 spiro atoms. The highest BCUT2D eigenvalue weighted by Gasteiger charge is 2.26. The largest absolute Gasteiger partial charge is 0.337 e.